The summed E-state index contributed by atoms with van der Waals surface area (Å²) in [6.45, 7) is 32.4. The summed E-state index contributed by atoms with van der Waals surface area (Å²) in [5.74, 6) is 0. The van der Waals surface area contributed by atoms with Crippen LogP contribution in [0.4, 0.5) is 17.1 Å². The van der Waals surface area contributed by atoms with E-state index in [0.29, 0.717) is 58.9 Å². The van der Waals surface area contributed by atoms with E-state index in [-0.39, 0.29) is 0 Å². The third-order valence-electron chi connectivity index (χ3n) is 15.2. The van der Waals surface area contributed by atoms with Crippen molar-refractivity contribution in [1.29, 1.82) is 0 Å². The summed E-state index contributed by atoms with van der Waals surface area (Å²) in [6, 6.07) is 0. The van der Waals surface area contributed by atoms with E-state index in [1.807, 2.05) is 0 Å². The molecule has 0 heterocycles. The van der Waals surface area contributed by atoms with Crippen LogP contribution in [-0.2, 0) is 136 Å². The lowest BCUT2D eigenvalue weighted by molar-refractivity contribution is 0.861. The minimum atomic E-state index is 0.502. The van der Waals surface area contributed by atoms with Gasteiger partial charge in [-0.25, -0.2) is 0 Å². The molecule has 0 aliphatic heterocycles. The number of benzene rings is 4. The molecule has 0 fully saturated rings. The predicted molar refractivity (Wildman–Crippen MR) is 288 cm³/mol. The molecule has 4 aromatic rings. The lowest BCUT2D eigenvalue weighted by atomic mass is 9.82. The largest absolute Gasteiger partial charge is 0.380 e. The van der Waals surface area contributed by atoms with Crippen molar-refractivity contribution >= 4 is 17.1 Å². The minimum Gasteiger partial charge on any atom is -0.380 e. The molecule has 366 valence electrons. The Kier molecular flexibility index (Phi) is 21.5. The monoisotopic (exact) mass is 904 g/mol. The fourth-order valence-electron chi connectivity index (χ4n) is 12.4. The van der Waals surface area contributed by atoms with Crippen LogP contribution < -0.4 is 50.4 Å². The smallest absolute Gasteiger partial charge is 0.0414 e. The van der Waals surface area contributed by atoms with Gasteiger partial charge in [0.15, 0.2) is 0 Å². The van der Waals surface area contributed by atoms with Crippen LogP contribution in [0.15, 0.2) is 0 Å². The van der Waals surface area contributed by atoms with Gasteiger partial charge in [0.25, 0.3) is 0 Å². The van der Waals surface area contributed by atoms with E-state index in [1.54, 1.807) is 0 Å². The van der Waals surface area contributed by atoms with Crippen molar-refractivity contribution in [3.63, 3.8) is 0 Å². The van der Waals surface area contributed by atoms with Crippen molar-refractivity contribution in [2.75, 3.05) is 16.0 Å². The van der Waals surface area contributed by atoms with Crippen LogP contribution in [0.5, 0.6) is 0 Å². The lowest BCUT2D eigenvalue weighted by Crippen LogP contribution is -2.22. The second-order valence-corrected chi connectivity index (χ2v) is 17.7. The standard InChI is InChI=1S/C57H93N9/c1-13-34-46(25-58)40(19-7)55(41(20-8)47(34)26-59)64-31-52-37(16-4)53(32-65-56-42(21-9)48(27-60)35(14-2)49(28-61)43(56)22-10)39(18-6)54(38(52)17-5)33-66-57-44(23-11)50(29-62)36(15-3)51(30-63)45(57)24-12/h64-66H,13-33,58-63H2,1-12H3. The maximum atomic E-state index is 6.60. The summed E-state index contributed by atoms with van der Waals surface area (Å²) >= 11 is 0. The van der Waals surface area contributed by atoms with Crippen LogP contribution in [0.2, 0.25) is 0 Å². The maximum absolute atomic E-state index is 6.60. The van der Waals surface area contributed by atoms with Gasteiger partial charge in [0, 0.05) is 76.0 Å². The SMILES string of the molecule is CCc1c(CNc2c(CC)c(CN)c(CC)c(CN)c2CC)c(CC)c(CNc2c(CC)c(CN)c(CC)c(CN)c2CC)c(CC)c1CNc1c(CC)c(CN)c(CC)c(CN)c1CC. The molecule has 15 N–H and O–H groups in total. The fraction of sp³-hybridized carbons (Fsp3) is 0.579. The van der Waals surface area contributed by atoms with Crippen LogP contribution in [-0.4, -0.2) is 0 Å². The third-order valence-corrected chi connectivity index (χ3v) is 15.2. The highest BCUT2D eigenvalue weighted by Gasteiger charge is 2.27. The van der Waals surface area contributed by atoms with Crippen molar-refractivity contribution in [3.05, 3.63) is 117 Å². The molecule has 0 unspecified atom stereocenters. The Hall–Kier alpha value is -3.96. The molecular formula is C57H93N9. The van der Waals surface area contributed by atoms with E-state index in [0.717, 1.165) is 77.0 Å². The zero-order chi connectivity index (χ0) is 48.8. The van der Waals surface area contributed by atoms with Gasteiger partial charge in [-0.15, -0.1) is 0 Å². The highest BCUT2D eigenvalue weighted by molar-refractivity contribution is 5.71. The van der Waals surface area contributed by atoms with Crippen molar-refractivity contribution in [2.24, 2.45) is 34.4 Å². The highest BCUT2D eigenvalue weighted by Crippen LogP contribution is 2.40. The van der Waals surface area contributed by atoms with Gasteiger partial charge in [0.2, 0.25) is 0 Å². The van der Waals surface area contributed by atoms with Crippen LogP contribution >= 0.6 is 0 Å². The molecule has 4 aromatic carbocycles. The van der Waals surface area contributed by atoms with Gasteiger partial charge in [-0.05, 0) is 194 Å². The van der Waals surface area contributed by atoms with Crippen molar-refractivity contribution in [1.82, 2.24) is 0 Å². The van der Waals surface area contributed by atoms with Crippen LogP contribution in [0.1, 0.15) is 200 Å². The highest BCUT2D eigenvalue weighted by atomic mass is 14.9. The molecule has 0 aromatic heterocycles. The quantitative estimate of drug-likeness (QED) is 0.0280. The Morgan fingerprint density at radius 3 is 0.455 bits per heavy atom. The van der Waals surface area contributed by atoms with Gasteiger partial charge in [0.1, 0.15) is 0 Å². The number of nitrogens with one attached hydrogen (secondary N) is 3. The number of nitrogens with two attached hydrogens (primary N) is 6. The Balaban J connectivity index is 2.12. The molecule has 0 spiro atoms. The van der Waals surface area contributed by atoms with E-state index in [9.17, 15) is 0 Å². The molecule has 66 heavy (non-hydrogen) atoms. The first kappa shape index (κ1) is 54.6. The summed E-state index contributed by atoms with van der Waals surface area (Å²) in [4.78, 5) is 0. The molecule has 4 rings (SSSR count). The summed E-state index contributed by atoms with van der Waals surface area (Å²) in [5, 5.41) is 12.4. The average molecular weight is 904 g/mol. The molecule has 0 aliphatic carbocycles. The predicted octanol–water partition coefficient (Wildman–Crippen LogP) is 10.0. The molecule has 9 nitrogen and oxygen atoms in total. The van der Waals surface area contributed by atoms with Gasteiger partial charge in [-0.3, -0.25) is 0 Å². The number of hydrogen-bond acceptors (Lipinski definition) is 9. The molecule has 0 bridgehead atoms. The van der Waals surface area contributed by atoms with Gasteiger partial charge in [-0.2, -0.15) is 0 Å². The van der Waals surface area contributed by atoms with E-state index in [4.69, 9.17) is 34.4 Å². The second-order valence-electron chi connectivity index (χ2n) is 17.7. The summed E-state index contributed by atoms with van der Waals surface area (Å²) in [6.07, 6.45) is 10.9. The fourth-order valence-corrected chi connectivity index (χ4v) is 12.4. The van der Waals surface area contributed by atoms with E-state index < -0.39 is 0 Å². The summed E-state index contributed by atoms with van der Waals surface area (Å²) in [5.41, 5.74) is 71.2. The minimum absolute atomic E-state index is 0.502. The molecule has 0 amide bonds. The average Bonchev–Trinajstić information content (AvgIpc) is 3.35. The molecule has 9 heteroatoms. The molecule has 0 aliphatic rings. The second kappa shape index (κ2) is 26.0. The zero-order valence-electron chi connectivity index (χ0n) is 43.8. The van der Waals surface area contributed by atoms with Crippen LogP contribution in [0.25, 0.3) is 0 Å². The van der Waals surface area contributed by atoms with E-state index in [1.165, 1.54) is 134 Å². The zero-order valence-corrected chi connectivity index (χ0v) is 43.8. The Morgan fingerprint density at radius 1 is 0.197 bits per heavy atom. The molecule has 0 saturated carbocycles. The van der Waals surface area contributed by atoms with Gasteiger partial charge in [-0.1, -0.05) is 83.1 Å². The van der Waals surface area contributed by atoms with Gasteiger partial charge < -0.3 is 50.4 Å². The Bertz CT molecular complexity index is 1900. The van der Waals surface area contributed by atoms with Crippen LogP contribution in [0.3, 0.4) is 0 Å². The first-order valence-electron chi connectivity index (χ1n) is 26.2. The topological polar surface area (TPSA) is 192 Å². The normalized spacial score (nSPS) is 11.5. The van der Waals surface area contributed by atoms with Crippen molar-refractivity contribution in [2.45, 2.75) is 219 Å². The van der Waals surface area contributed by atoms with Crippen LogP contribution in [0, 0.1) is 0 Å². The number of rotatable bonds is 27. The Labute approximate surface area is 401 Å². The van der Waals surface area contributed by atoms with E-state index in [2.05, 4.69) is 99.0 Å². The molecular weight excluding hydrogens is 811 g/mol. The number of anilines is 3. The third kappa shape index (κ3) is 10.2. The Morgan fingerprint density at radius 2 is 0.333 bits per heavy atom. The lowest BCUT2D eigenvalue weighted by Gasteiger charge is -2.31. The van der Waals surface area contributed by atoms with Crippen molar-refractivity contribution in [3.8, 4) is 0 Å². The first-order valence-corrected chi connectivity index (χ1v) is 26.2. The summed E-state index contributed by atoms with van der Waals surface area (Å²) in [7, 11) is 0. The number of hydrogen-bond donors (Lipinski definition) is 9. The molecule has 0 atom stereocenters. The van der Waals surface area contributed by atoms with Gasteiger partial charge >= 0.3 is 0 Å². The maximum Gasteiger partial charge on any atom is 0.0414 e. The molecule has 0 saturated heterocycles. The summed E-state index contributed by atoms with van der Waals surface area (Å²) < 4.78 is 0. The first-order chi connectivity index (χ1) is 32.0. The van der Waals surface area contributed by atoms with Crippen molar-refractivity contribution < 1.29 is 0 Å². The van der Waals surface area contributed by atoms with Gasteiger partial charge in [0.05, 0.1) is 0 Å². The molecule has 0 radical (unpaired) electrons. The van der Waals surface area contributed by atoms with E-state index >= 15 is 0 Å².